The van der Waals surface area contributed by atoms with Gasteiger partial charge in [-0.25, -0.2) is 4.79 Å². The van der Waals surface area contributed by atoms with Gasteiger partial charge in [0.1, 0.15) is 0 Å². The Hall–Kier alpha value is -1.82. The third-order valence-corrected chi connectivity index (χ3v) is 3.16. The van der Waals surface area contributed by atoms with E-state index < -0.39 is 0 Å². The number of rotatable bonds is 4. The first-order valence-corrected chi connectivity index (χ1v) is 6.51. The van der Waals surface area contributed by atoms with Gasteiger partial charge in [0.2, 0.25) is 0 Å². The van der Waals surface area contributed by atoms with Gasteiger partial charge < -0.3 is 14.6 Å². The molecule has 0 aromatic carbocycles. The highest BCUT2D eigenvalue weighted by Crippen LogP contribution is 2.05. The van der Waals surface area contributed by atoms with Gasteiger partial charge in [0.15, 0.2) is 5.78 Å². The van der Waals surface area contributed by atoms with Crippen molar-refractivity contribution >= 4 is 11.9 Å². The summed E-state index contributed by atoms with van der Waals surface area (Å²) in [6.07, 6.45) is 1.48. The van der Waals surface area contributed by atoms with Gasteiger partial charge in [-0.15, -0.1) is 0 Å². The summed E-state index contributed by atoms with van der Waals surface area (Å²) in [6.45, 7) is 5.19. The Kier molecular flexibility index (Phi) is 4.57. The Bertz CT molecular complexity index is 422. The highest BCUT2D eigenvalue weighted by atomic mass is 16.6. The van der Waals surface area contributed by atoms with Crippen molar-refractivity contribution in [3.63, 3.8) is 0 Å². The van der Waals surface area contributed by atoms with Gasteiger partial charge in [0.25, 0.3) is 0 Å². The fourth-order valence-electron chi connectivity index (χ4n) is 2.10. The number of ketones is 1. The summed E-state index contributed by atoms with van der Waals surface area (Å²) in [5.41, 5.74) is 0.632. The quantitative estimate of drug-likeness (QED) is 0.824. The minimum atomic E-state index is -0.266. The zero-order valence-corrected chi connectivity index (χ0v) is 11.1. The first-order chi connectivity index (χ1) is 9.20. The van der Waals surface area contributed by atoms with Crippen molar-refractivity contribution in [3.8, 4) is 0 Å². The van der Waals surface area contributed by atoms with Crippen molar-refractivity contribution in [2.75, 3.05) is 39.3 Å². The summed E-state index contributed by atoms with van der Waals surface area (Å²) in [7, 11) is 0. The average molecular weight is 265 g/mol. The predicted octanol–water partition coefficient (Wildman–Crippen LogP) is 0.971. The molecule has 6 heteroatoms. The van der Waals surface area contributed by atoms with E-state index in [2.05, 4.69) is 9.88 Å². The molecule has 0 unspecified atom stereocenters. The molecule has 2 heterocycles. The molecule has 1 aromatic rings. The lowest BCUT2D eigenvalue weighted by molar-refractivity contribution is 0.0731. The van der Waals surface area contributed by atoms with E-state index in [0.29, 0.717) is 45.0 Å². The molecule has 1 amide bonds. The van der Waals surface area contributed by atoms with Crippen LogP contribution in [0.4, 0.5) is 4.79 Å². The van der Waals surface area contributed by atoms with Crippen LogP contribution >= 0.6 is 0 Å². The lowest BCUT2D eigenvalue weighted by Crippen LogP contribution is -2.50. The number of aromatic amines is 1. The van der Waals surface area contributed by atoms with Crippen LogP contribution in [0.5, 0.6) is 0 Å². The highest BCUT2D eigenvalue weighted by molar-refractivity contribution is 5.95. The zero-order chi connectivity index (χ0) is 13.7. The van der Waals surface area contributed by atoms with Crippen LogP contribution in [-0.4, -0.2) is 66.0 Å². The Morgan fingerprint density at radius 1 is 1.32 bits per heavy atom. The monoisotopic (exact) mass is 265 g/mol. The summed E-state index contributed by atoms with van der Waals surface area (Å²) in [4.78, 5) is 30.1. The largest absolute Gasteiger partial charge is 0.450 e. The summed E-state index contributed by atoms with van der Waals surface area (Å²) >= 11 is 0. The van der Waals surface area contributed by atoms with Crippen molar-refractivity contribution in [2.45, 2.75) is 6.92 Å². The van der Waals surface area contributed by atoms with Crippen molar-refractivity contribution in [1.29, 1.82) is 0 Å². The van der Waals surface area contributed by atoms with Crippen LogP contribution in [0.1, 0.15) is 17.4 Å². The van der Waals surface area contributed by atoms with Crippen LogP contribution in [0.15, 0.2) is 18.3 Å². The first kappa shape index (κ1) is 13.6. The molecule has 0 aliphatic carbocycles. The van der Waals surface area contributed by atoms with Gasteiger partial charge in [-0.3, -0.25) is 9.69 Å². The molecule has 0 spiro atoms. The van der Waals surface area contributed by atoms with Gasteiger partial charge >= 0.3 is 6.09 Å². The molecular weight excluding hydrogens is 246 g/mol. The van der Waals surface area contributed by atoms with Gasteiger partial charge in [0, 0.05) is 32.4 Å². The summed E-state index contributed by atoms with van der Waals surface area (Å²) in [6, 6.07) is 3.59. The molecule has 104 valence electrons. The number of H-pyrrole nitrogens is 1. The first-order valence-electron chi connectivity index (χ1n) is 6.51. The van der Waals surface area contributed by atoms with E-state index in [1.54, 1.807) is 24.1 Å². The number of carbonyl (C=O) groups is 2. The van der Waals surface area contributed by atoms with E-state index >= 15 is 0 Å². The summed E-state index contributed by atoms with van der Waals surface area (Å²) in [5.74, 6) is 0.0783. The van der Waals surface area contributed by atoms with E-state index in [-0.39, 0.29) is 11.9 Å². The van der Waals surface area contributed by atoms with Gasteiger partial charge in [-0.2, -0.15) is 0 Å². The molecule has 2 rings (SSSR count). The van der Waals surface area contributed by atoms with Crippen LogP contribution in [0.3, 0.4) is 0 Å². The third kappa shape index (κ3) is 3.57. The Labute approximate surface area is 112 Å². The molecule has 6 nitrogen and oxygen atoms in total. The van der Waals surface area contributed by atoms with E-state index in [1.165, 1.54) is 0 Å². The maximum absolute atomic E-state index is 11.9. The number of piperazine rings is 1. The number of nitrogens with zero attached hydrogens (tertiary/aromatic N) is 2. The number of ether oxygens (including phenoxy) is 1. The average Bonchev–Trinajstić information content (AvgIpc) is 2.94. The van der Waals surface area contributed by atoms with E-state index in [9.17, 15) is 9.59 Å². The Balaban J connectivity index is 1.77. The van der Waals surface area contributed by atoms with E-state index in [1.807, 2.05) is 6.07 Å². The Morgan fingerprint density at radius 3 is 2.63 bits per heavy atom. The van der Waals surface area contributed by atoms with Crippen molar-refractivity contribution in [3.05, 3.63) is 24.0 Å². The molecule has 1 saturated heterocycles. The molecule has 0 bridgehead atoms. The number of hydrogen-bond donors (Lipinski definition) is 1. The fourth-order valence-corrected chi connectivity index (χ4v) is 2.10. The maximum atomic E-state index is 11.9. The SMILES string of the molecule is CCOC(=O)N1CCN(CC(=O)c2ccc[nH]2)CC1. The molecule has 1 aliphatic rings. The molecule has 1 aromatic heterocycles. The minimum absolute atomic E-state index is 0.0783. The molecule has 1 N–H and O–H groups in total. The van der Waals surface area contributed by atoms with Crippen molar-refractivity contribution in [2.24, 2.45) is 0 Å². The number of aromatic nitrogens is 1. The Morgan fingerprint density at radius 2 is 2.05 bits per heavy atom. The summed E-state index contributed by atoms with van der Waals surface area (Å²) in [5, 5.41) is 0. The lowest BCUT2D eigenvalue weighted by atomic mass is 10.2. The second kappa shape index (κ2) is 6.38. The minimum Gasteiger partial charge on any atom is -0.450 e. The lowest BCUT2D eigenvalue weighted by Gasteiger charge is -2.33. The molecule has 0 radical (unpaired) electrons. The summed E-state index contributed by atoms with van der Waals surface area (Å²) < 4.78 is 4.95. The second-order valence-corrected chi connectivity index (χ2v) is 4.47. The van der Waals surface area contributed by atoms with E-state index in [4.69, 9.17) is 4.74 Å². The predicted molar refractivity (Wildman–Crippen MR) is 70.2 cm³/mol. The third-order valence-electron chi connectivity index (χ3n) is 3.16. The standard InChI is InChI=1S/C13H19N3O3/c1-2-19-13(18)16-8-6-15(7-9-16)10-12(17)11-4-3-5-14-11/h3-5,14H,2,6-10H2,1H3. The number of nitrogens with one attached hydrogen (secondary N) is 1. The second-order valence-electron chi connectivity index (χ2n) is 4.47. The van der Waals surface area contributed by atoms with Crippen molar-refractivity contribution < 1.29 is 14.3 Å². The van der Waals surface area contributed by atoms with Crippen LogP contribution < -0.4 is 0 Å². The molecule has 19 heavy (non-hydrogen) atoms. The van der Waals surface area contributed by atoms with Crippen LogP contribution in [0.2, 0.25) is 0 Å². The fraction of sp³-hybridized carbons (Fsp3) is 0.538. The van der Waals surface area contributed by atoms with Gasteiger partial charge in [-0.1, -0.05) is 0 Å². The zero-order valence-electron chi connectivity index (χ0n) is 11.1. The number of amides is 1. The number of Topliss-reactive ketones (excluding diaryl/α,β-unsaturated/α-hetero) is 1. The number of hydrogen-bond acceptors (Lipinski definition) is 4. The van der Waals surface area contributed by atoms with Crippen LogP contribution in [-0.2, 0) is 4.74 Å². The molecule has 0 saturated carbocycles. The molecule has 1 aliphatic heterocycles. The topological polar surface area (TPSA) is 65.6 Å². The highest BCUT2D eigenvalue weighted by Gasteiger charge is 2.23. The van der Waals surface area contributed by atoms with Crippen LogP contribution in [0.25, 0.3) is 0 Å². The maximum Gasteiger partial charge on any atom is 0.409 e. The normalized spacial score (nSPS) is 16.4. The van der Waals surface area contributed by atoms with Crippen LogP contribution in [0, 0.1) is 0 Å². The number of carbonyl (C=O) groups excluding carboxylic acids is 2. The molecular formula is C13H19N3O3. The smallest absolute Gasteiger partial charge is 0.409 e. The van der Waals surface area contributed by atoms with Gasteiger partial charge in [-0.05, 0) is 19.1 Å². The van der Waals surface area contributed by atoms with Gasteiger partial charge in [0.05, 0.1) is 18.8 Å². The van der Waals surface area contributed by atoms with Crippen molar-refractivity contribution in [1.82, 2.24) is 14.8 Å². The van der Waals surface area contributed by atoms with E-state index in [0.717, 1.165) is 0 Å². The molecule has 0 atom stereocenters. The molecule has 1 fully saturated rings.